The van der Waals surface area contributed by atoms with Gasteiger partial charge in [0.15, 0.2) is 0 Å². The van der Waals surface area contributed by atoms with Gasteiger partial charge in [0.1, 0.15) is 0 Å². The van der Waals surface area contributed by atoms with E-state index < -0.39 is 0 Å². The second kappa shape index (κ2) is 8.00. The maximum absolute atomic E-state index is 13.2. The van der Waals surface area contributed by atoms with Crippen LogP contribution in [0, 0.1) is 5.92 Å². The molecule has 0 saturated heterocycles. The average Bonchev–Trinajstić information content (AvgIpc) is 3.23. The zero-order valence-corrected chi connectivity index (χ0v) is 17.6. The monoisotopic (exact) mass is 379 g/mol. The predicted molar refractivity (Wildman–Crippen MR) is 116 cm³/mol. The number of aryl methyl sites for hydroxylation is 1. The lowest BCUT2D eigenvalue weighted by molar-refractivity contribution is 0.780. The van der Waals surface area contributed by atoms with Gasteiger partial charge in [-0.05, 0) is 43.0 Å². The predicted octanol–water partition coefficient (Wildman–Crippen LogP) is 4.28. The van der Waals surface area contributed by atoms with E-state index in [-0.39, 0.29) is 11.6 Å². The molecule has 0 saturated carbocycles. The minimum absolute atomic E-state index is 0.0779. The van der Waals surface area contributed by atoms with Crippen molar-refractivity contribution in [1.82, 2.24) is 18.9 Å². The zero-order valence-electron chi connectivity index (χ0n) is 17.6. The van der Waals surface area contributed by atoms with Gasteiger partial charge in [-0.2, -0.15) is 5.10 Å². The molecule has 0 N–H and O–H groups in total. The minimum Gasteiger partial charge on any atom is -0.293 e. The molecular formula is C22H29N5O. The zero-order chi connectivity index (χ0) is 20.4. The second-order valence-electron chi connectivity index (χ2n) is 7.41. The number of aliphatic imine (C=N–C) groups is 1. The van der Waals surface area contributed by atoms with Gasteiger partial charge in [-0.25, -0.2) is 4.79 Å². The fraction of sp³-hybridized carbons (Fsp3) is 0.409. The molecule has 0 unspecified atom stereocenters. The molecule has 6 heteroatoms. The topological polar surface area (TPSA) is 57.1 Å². The Labute approximate surface area is 165 Å². The molecule has 0 aliphatic heterocycles. The number of aromatic nitrogens is 4. The van der Waals surface area contributed by atoms with E-state index in [2.05, 4.69) is 30.9 Å². The SMILES string of the molecule is CCCC(=NC)/C(=C(\C)n1ccn(-c2ccc3c(cnn3C)c2)c1=O)C(C)C. The van der Waals surface area contributed by atoms with Gasteiger partial charge in [0.25, 0.3) is 0 Å². The summed E-state index contributed by atoms with van der Waals surface area (Å²) in [6.45, 7) is 8.46. The molecular weight excluding hydrogens is 350 g/mol. The number of hydrogen-bond acceptors (Lipinski definition) is 3. The van der Waals surface area contributed by atoms with E-state index in [0.29, 0.717) is 0 Å². The number of allylic oxidation sites excluding steroid dienone is 2. The molecule has 0 radical (unpaired) electrons. The molecule has 0 spiro atoms. The van der Waals surface area contributed by atoms with Crippen LogP contribution in [0.1, 0.15) is 40.5 Å². The van der Waals surface area contributed by atoms with Crippen molar-refractivity contribution in [3.8, 4) is 5.69 Å². The highest BCUT2D eigenvalue weighted by Crippen LogP contribution is 2.23. The molecule has 3 rings (SSSR count). The van der Waals surface area contributed by atoms with Gasteiger partial charge in [0, 0.05) is 43.3 Å². The molecule has 0 amide bonds. The largest absolute Gasteiger partial charge is 0.337 e. The molecule has 1 aromatic carbocycles. The van der Waals surface area contributed by atoms with Gasteiger partial charge >= 0.3 is 5.69 Å². The lowest BCUT2D eigenvalue weighted by atomic mass is 9.93. The Kier molecular flexibility index (Phi) is 5.68. The van der Waals surface area contributed by atoms with Crippen molar-refractivity contribution < 1.29 is 0 Å². The first-order valence-electron chi connectivity index (χ1n) is 9.78. The van der Waals surface area contributed by atoms with Crippen LogP contribution in [0.4, 0.5) is 0 Å². The van der Waals surface area contributed by atoms with Crippen LogP contribution in [0.2, 0.25) is 0 Å². The Morgan fingerprint density at radius 2 is 2.00 bits per heavy atom. The van der Waals surface area contributed by atoms with Gasteiger partial charge in [-0.3, -0.25) is 18.8 Å². The van der Waals surface area contributed by atoms with Crippen LogP contribution in [-0.2, 0) is 7.05 Å². The Bertz CT molecular complexity index is 1110. The Morgan fingerprint density at radius 1 is 1.25 bits per heavy atom. The van der Waals surface area contributed by atoms with E-state index in [0.717, 1.165) is 46.4 Å². The Balaban J connectivity index is 2.11. The maximum Gasteiger partial charge on any atom is 0.337 e. The quantitative estimate of drug-likeness (QED) is 0.600. The van der Waals surface area contributed by atoms with Crippen molar-refractivity contribution in [2.45, 2.75) is 40.5 Å². The standard InChI is InChI=1S/C22H29N5O/c1-7-8-19(23-5)21(15(2)3)16(4)26-11-12-27(22(26)28)18-9-10-20-17(13-18)14-24-25(20)6/h9-15H,7-8H2,1-6H3/b21-16+,23-19?. The van der Waals surface area contributed by atoms with E-state index in [1.54, 1.807) is 9.13 Å². The van der Waals surface area contributed by atoms with E-state index in [1.165, 1.54) is 0 Å². The molecule has 6 nitrogen and oxygen atoms in total. The molecule has 28 heavy (non-hydrogen) atoms. The molecule has 0 atom stereocenters. The molecule has 0 aliphatic carbocycles. The first-order valence-corrected chi connectivity index (χ1v) is 9.78. The second-order valence-corrected chi connectivity index (χ2v) is 7.41. The van der Waals surface area contributed by atoms with Crippen molar-refractivity contribution >= 4 is 22.3 Å². The first kappa shape index (κ1) is 19.9. The van der Waals surface area contributed by atoms with Crippen molar-refractivity contribution in [2.75, 3.05) is 7.05 Å². The Hall–Kier alpha value is -2.89. The summed E-state index contributed by atoms with van der Waals surface area (Å²) in [5.41, 5.74) is 4.96. The van der Waals surface area contributed by atoms with Crippen LogP contribution in [0.15, 0.2) is 52.1 Å². The summed E-state index contributed by atoms with van der Waals surface area (Å²) in [5, 5.41) is 5.29. The maximum atomic E-state index is 13.2. The fourth-order valence-electron chi connectivity index (χ4n) is 3.82. The number of fused-ring (bicyclic) bond motifs is 1. The van der Waals surface area contributed by atoms with E-state index >= 15 is 0 Å². The lowest BCUT2D eigenvalue weighted by Gasteiger charge is -2.18. The average molecular weight is 380 g/mol. The summed E-state index contributed by atoms with van der Waals surface area (Å²) in [6, 6.07) is 5.94. The van der Waals surface area contributed by atoms with Gasteiger partial charge < -0.3 is 0 Å². The van der Waals surface area contributed by atoms with Crippen molar-refractivity contribution in [2.24, 2.45) is 18.0 Å². The van der Waals surface area contributed by atoms with Crippen LogP contribution in [-0.4, -0.2) is 31.7 Å². The highest BCUT2D eigenvalue weighted by atomic mass is 16.1. The van der Waals surface area contributed by atoms with Crippen LogP contribution < -0.4 is 5.69 Å². The third-order valence-electron chi connectivity index (χ3n) is 5.18. The van der Waals surface area contributed by atoms with E-state index in [9.17, 15) is 4.79 Å². The third-order valence-corrected chi connectivity index (χ3v) is 5.18. The number of nitrogens with zero attached hydrogens (tertiary/aromatic N) is 5. The van der Waals surface area contributed by atoms with Crippen LogP contribution in [0.5, 0.6) is 0 Å². The summed E-state index contributed by atoms with van der Waals surface area (Å²) < 4.78 is 5.23. The molecule has 0 fully saturated rings. The van der Waals surface area contributed by atoms with Crippen molar-refractivity contribution in [3.05, 3.63) is 52.8 Å². The number of hydrogen-bond donors (Lipinski definition) is 0. The molecule has 148 valence electrons. The van der Waals surface area contributed by atoms with Crippen LogP contribution >= 0.6 is 0 Å². The molecule has 3 aromatic rings. The first-order chi connectivity index (χ1) is 13.4. The van der Waals surface area contributed by atoms with Gasteiger partial charge in [-0.15, -0.1) is 0 Å². The molecule has 2 heterocycles. The number of benzene rings is 1. The minimum atomic E-state index is -0.0779. The normalized spacial score (nSPS) is 13.5. The summed E-state index contributed by atoms with van der Waals surface area (Å²) >= 11 is 0. The van der Waals surface area contributed by atoms with Gasteiger partial charge in [-0.1, -0.05) is 27.2 Å². The summed E-state index contributed by atoms with van der Waals surface area (Å²) in [4.78, 5) is 17.7. The third kappa shape index (κ3) is 3.46. The Morgan fingerprint density at radius 3 is 2.64 bits per heavy atom. The highest BCUT2D eigenvalue weighted by Gasteiger charge is 2.17. The molecule has 0 aliphatic rings. The highest BCUT2D eigenvalue weighted by molar-refractivity contribution is 6.04. The van der Waals surface area contributed by atoms with Gasteiger partial charge in [0.05, 0.1) is 17.4 Å². The summed E-state index contributed by atoms with van der Waals surface area (Å²) in [7, 11) is 3.74. The van der Waals surface area contributed by atoms with Crippen LogP contribution in [0.3, 0.4) is 0 Å². The van der Waals surface area contributed by atoms with E-state index in [1.807, 2.05) is 62.5 Å². The van der Waals surface area contributed by atoms with Crippen molar-refractivity contribution in [3.63, 3.8) is 0 Å². The van der Waals surface area contributed by atoms with Gasteiger partial charge in [0.2, 0.25) is 0 Å². The van der Waals surface area contributed by atoms with Crippen LogP contribution in [0.25, 0.3) is 22.3 Å². The summed E-state index contributed by atoms with van der Waals surface area (Å²) in [6.07, 6.45) is 7.42. The number of rotatable bonds is 6. The van der Waals surface area contributed by atoms with Crippen molar-refractivity contribution in [1.29, 1.82) is 0 Å². The number of imidazole rings is 1. The summed E-state index contributed by atoms with van der Waals surface area (Å²) in [5.74, 6) is 0.284. The smallest absolute Gasteiger partial charge is 0.293 e. The fourth-order valence-corrected chi connectivity index (χ4v) is 3.82. The molecule has 2 aromatic heterocycles. The lowest BCUT2D eigenvalue weighted by Crippen LogP contribution is -2.24. The van der Waals surface area contributed by atoms with E-state index in [4.69, 9.17) is 0 Å². The molecule has 0 bridgehead atoms.